The number of thioether (sulfide) groups is 1. The van der Waals surface area contributed by atoms with Gasteiger partial charge in [0.05, 0.1) is 0 Å². The molecule has 0 aromatic heterocycles. The highest BCUT2D eigenvalue weighted by Gasteiger charge is 2.15. The lowest BCUT2D eigenvalue weighted by Gasteiger charge is -2.25. The predicted octanol–water partition coefficient (Wildman–Crippen LogP) is 4.90. The van der Waals surface area contributed by atoms with Gasteiger partial charge >= 0.3 is 0 Å². The molecule has 2 unspecified atom stereocenters. The zero-order chi connectivity index (χ0) is 14.1. The first-order valence-corrected chi connectivity index (χ1v) is 8.67. The van der Waals surface area contributed by atoms with Gasteiger partial charge in [-0.1, -0.05) is 51.1 Å². The zero-order valence-corrected chi connectivity index (χ0v) is 13.7. The van der Waals surface area contributed by atoms with Gasteiger partial charge in [0.2, 0.25) is 0 Å². The van der Waals surface area contributed by atoms with E-state index in [1.165, 1.54) is 29.9 Å². The van der Waals surface area contributed by atoms with Crippen LogP contribution in [0.2, 0.25) is 0 Å². The third-order valence-corrected chi connectivity index (χ3v) is 4.23. The van der Waals surface area contributed by atoms with Crippen molar-refractivity contribution in [1.82, 2.24) is 5.32 Å². The number of benzene rings is 1. The highest BCUT2D eigenvalue weighted by molar-refractivity contribution is 7.99. The normalized spacial score (nSPS) is 14.6. The number of rotatable bonds is 9. The molecule has 0 aliphatic carbocycles. The summed E-state index contributed by atoms with van der Waals surface area (Å²) in [5, 5.41) is 3.81. The van der Waals surface area contributed by atoms with Crippen LogP contribution in [0, 0.1) is 5.92 Å². The molecule has 0 bridgehead atoms. The fraction of sp³-hybridized carbons (Fsp3) is 0.647. The largest absolute Gasteiger partial charge is 0.307 e. The van der Waals surface area contributed by atoms with Gasteiger partial charge in [-0.05, 0) is 42.8 Å². The molecular formula is C17H29NS. The van der Waals surface area contributed by atoms with Gasteiger partial charge in [0.15, 0.2) is 0 Å². The Labute approximate surface area is 123 Å². The monoisotopic (exact) mass is 279 g/mol. The molecule has 0 saturated carbocycles. The van der Waals surface area contributed by atoms with Gasteiger partial charge in [0.25, 0.3) is 0 Å². The molecule has 0 fully saturated rings. The van der Waals surface area contributed by atoms with Crippen LogP contribution >= 0.6 is 11.8 Å². The van der Waals surface area contributed by atoms with Gasteiger partial charge in [0.1, 0.15) is 0 Å². The molecular weight excluding hydrogens is 250 g/mol. The van der Waals surface area contributed by atoms with E-state index in [4.69, 9.17) is 0 Å². The van der Waals surface area contributed by atoms with E-state index in [-0.39, 0.29) is 0 Å². The van der Waals surface area contributed by atoms with Crippen LogP contribution in [0.1, 0.15) is 52.1 Å². The Hall–Kier alpha value is -0.470. The lowest BCUT2D eigenvalue weighted by Crippen LogP contribution is -2.31. The summed E-state index contributed by atoms with van der Waals surface area (Å²) in [6.07, 6.45) is 2.45. The van der Waals surface area contributed by atoms with E-state index < -0.39 is 0 Å². The standard InChI is InChI=1S/C17H29NS/c1-5-19-12-11-15(4)18-17(13-14(2)3)16-9-7-6-8-10-16/h6-10,14-15,17-18H,5,11-13H2,1-4H3. The second-order valence-corrected chi connectivity index (χ2v) is 7.04. The van der Waals surface area contributed by atoms with Crippen molar-refractivity contribution in [2.24, 2.45) is 5.92 Å². The highest BCUT2D eigenvalue weighted by atomic mass is 32.2. The van der Waals surface area contributed by atoms with Gasteiger partial charge in [-0.3, -0.25) is 0 Å². The zero-order valence-electron chi connectivity index (χ0n) is 12.9. The number of hydrogen-bond donors (Lipinski definition) is 1. The van der Waals surface area contributed by atoms with E-state index in [0.29, 0.717) is 12.1 Å². The molecule has 1 rings (SSSR count). The van der Waals surface area contributed by atoms with Gasteiger partial charge in [-0.15, -0.1) is 0 Å². The third kappa shape index (κ3) is 7.03. The number of hydrogen-bond acceptors (Lipinski definition) is 2. The fourth-order valence-electron chi connectivity index (χ4n) is 2.29. The first kappa shape index (κ1) is 16.6. The molecule has 108 valence electrons. The summed E-state index contributed by atoms with van der Waals surface area (Å²) >= 11 is 2.03. The van der Waals surface area contributed by atoms with Crippen LogP contribution in [-0.2, 0) is 0 Å². The maximum Gasteiger partial charge on any atom is 0.0324 e. The molecule has 0 spiro atoms. The summed E-state index contributed by atoms with van der Waals surface area (Å²) in [6.45, 7) is 9.14. The van der Waals surface area contributed by atoms with Crippen LogP contribution in [0.5, 0.6) is 0 Å². The minimum absolute atomic E-state index is 0.489. The first-order valence-electron chi connectivity index (χ1n) is 7.52. The van der Waals surface area contributed by atoms with Crippen LogP contribution in [0.15, 0.2) is 30.3 Å². The van der Waals surface area contributed by atoms with Crippen molar-refractivity contribution in [2.75, 3.05) is 11.5 Å². The second-order valence-electron chi connectivity index (χ2n) is 5.65. The van der Waals surface area contributed by atoms with Crippen LogP contribution < -0.4 is 5.32 Å². The maximum atomic E-state index is 3.81. The molecule has 2 heteroatoms. The molecule has 19 heavy (non-hydrogen) atoms. The summed E-state index contributed by atoms with van der Waals surface area (Å²) < 4.78 is 0. The molecule has 1 aromatic carbocycles. The first-order chi connectivity index (χ1) is 9.13. The minimum atomic E-state index is 0.489. The van der Waals surface area contributed by atoms with Crippen LogP contribution in [0.3, 0.4) is 0 Å². The fourth-order valence-corrected chi connectivity index (χ4v) is 3.10. The van der Waals surface area contributed by atoms with Gasteiger partial charge < -0.3 is 5.32 Å². The molecule has 0 saturated heterocycles. The van der Waals surface area contributed by atoms with Gasteiger partial charge in [-0.25, -0.2) is 0 Å². The predicted molar refractivity (Wildman–Crippen MR) is 88.9 cm³/mol. The van der Waals surface area contributed by atoms with Gasteiger partial charge in [0, 0.05) is 12.1 Å². The average Bonchev–Trinajstić information content (AvgIpc) is 2.39. The quantitative estimate of drug-likeness (QED) is 0.646. The molecule has 1 aromatic rings. The van der Waals surface area contributed by atoms with Crippen molar-refractivity contribution in [3.8, 4) is 0 Å². The SMILES string of the molecule is CCSCCC(C)NC(CC(C)C)c1ccccc1. The minimum Gasteiger partial charge on any atom is -0.307 e. The Morgan fingerprint density at radius 3 is 2.37 bits per heavy atom. The second kappa shape index (κ2) is 9.44. The lowest BCUT2D eigenvalue weighted by atomic mass is 9.96. The third-order valence-electron chi connectivity index (χ3n) is 3.29. The highest BCUT2D eigenvalue weighted by Crippen LogP contribution is 2.22. The van der Waals surface area contributed by atoms with Crippen molar-refractivity contribution in [1.29, 1.82) is 0 Å². The van der Waals surface area contributed by atoms with Crippen molar-refractivity contribution >= 4 is 11.8 Å². The number of nitrogens with one attached hydrogen (secondary N) is 1. The van der Waals surface area contributed by atoms with Crippen LogP contribution in [-0.4, -0.2) is 17.5 Å². The van der Waals surface area contributed by atoms with E-state index in [0.717, 1.165) is 5.92 Å². The average molecular weight is 279 g/mol. The molecule has 0 heterocycles. The van der Waals surface area contributed by atoms with E-state index >= 15 is 0 Å². The summed E-state index contributed by atoms with van der Waals surface area (Å²) in [7, 11) is 0. The molecule has 0 radical (unpaired) electrons. The maximum absolute atomic E-state index is 3.81. The van der Waals surface area contributed by atoms with Crippen LogP contribution in [0.25, 0.3) is 0 Å². The molecule has 1 nitrogen and oxygen atoms in total. The van der Waals surface area contributed by atoms with Crippen molar-refractivity contribution in [3.05, 3.63) is 35.9 Å². The Bertz CT molecular complexity index is 323. The summed E-state index contributed by atoms with van der Waals surface area (Å²) in [4.78, 5) is 0. The van der Waals surface area contributed by atoms with Crippen molar-refractivity contribution < 1.29 is 0 Å². The van der Waals surface area contributed by atoms with E-state index in [9.17, 15) is 0 Å². The van der Waals surface area contributed by atoms with Crippen molar-refractivity contribution in [2.45, 2.75) is 52.6 Å². The summed E-state index contributed by atoms with van der Waals surface area (Å²) in [5.74, 6) is 3.20. The van der Waals surface area contributed by atoms with Gasteiger partial charge in [-0.2, -0.15) is 11.8 Å². The Kier molecular flexibility index (Phi) is 8.24. The molecule has 2 atom stereocenters. The van der Waals surface area contributed by atoms with E-state index in [1.54, 1.807) is 0 Å². The Morgan fingerprint density at radius 2 is 1.79 bits per heavy atom. The topological polar surface area (TPSA) is 12.0 Å². The molecule has 0 amide bonds. The molecule has 0 aliphatic rings. The molecule has 1 N–H and O–H groups in total. The molecule has 0 aliphatic heterocycles. The Balaban J connectivity index is 2.55. The summed E-state index contributed by atoms with van der Waals surface area (Å²) in [5.41, 5.74) is 1.42. The summed E-state index contributed by atoms with van der Waals surface area (Å²) in [6, 6.07) is 11.9. The van der Waals surface area contributed by atoms with E-state index in [2.05, 4.69) is 63.3 Å². The smallest absolute Gasteiger partial charge is 0.0324 e. The van der Waals surface area contributed by atoms with Crippen molar-refractivity contribution in [3.63, 3.8) is 0 Å². The van der Waals surface area contributed by atoms with E-state index in [1.807, 2.05) is 11.8 Å². The van der Waals surface area contributed by atoms with Crippen LogP contribution in [0.4, 0.5) is 0 Å². The Morgan fingerprint density at radius 1 is 1.11 bits per heavy atom. The lowest BCUT2D eigenvalue weighted by molar-refractivity contribution is 0.385.